The SMILES string of the molecule is CCOc1cc(/C=C(/C#N)C(=O)NC)ccc1OCCOc1ccccc1. The number of nitriles is 1. The summed E-state index contributed by atoms with van der Waals surface area (Å²) < 4.78 is 17.0. The number of hydrogen-bond acceptors (Lipinski definition) is 5. The first-order valence-corrected chi connectivity index (χ1v) is 8.59. The minimum atomic E-state index is -0.436. The maximum Gasteiger partial charge on any atom is 0.261 e. The minimum absolute atomic E-state index is 0.0184. The van der Waals surface area contributed by atoms with Crippen LogP contribution in [0.2, 0.25) is 0 Å². The number of nitrogens with one attached hydrogen (secondary N) is 1. The zero-order valence-electron chi connectivity index (χ0n) is 15.4. The number of para-hydroxylation sites is 1. The molecule has 0 aliphatic carbocycles. The van der Waals surface area contributed by atoms with Gasteiger partial charge in [-0.15, -0.1) is 0 Å². The number of likely N-dealkylation sites (N-methyl/N-ethyl adjacent to an activating group) is 1. The molecule has 0 aromatic heterocycles. The number of benzene rings is 2. The van der Waals surface area contributed by atoms with E-state index in [-0.39, 0.29) is 5.57 Å². The van der Waals surface area contributed by atoms with E-state index in [0.717, 1.165) is 5.75 Å². The molecule has 0 radical (unpaired) electrons. The van der Waals surface area contributed by atoms with Crippen LogP contribution in [0.5, 0.6) is 17.2 Å². The summed E-state index contributed by atoms with van der Waals surface area (Å²) in [5.41, 5.74) is 0.691. The largest absolute Gasteiger partial charge is 0.490 e. The minimum Gasteiger partial charge on any atom is -0.490 e. The third-order valence-corrected chi connectivity index (χ3v) is 3.52. The average Bonchev–Trinajstić information content (AvgIpc) is 2.71. The fourth-order valence-electron chi connectivity index (χ4n) is 2.28. The predicted octanol–water partition coefficient (Wildman–Crippen LogP) is 3.20. The van der Waals surface area contributed by atoms with Gasteiger partial charge < -0.3 is 19.5 Å². The second-order valence-corrected chi connectivity index (χ2v) is 5.40. The highest BCUT2D eigenvalue weighted by Gasteiger charge is 2.09. The Hall–Kier alpha value is -3.46. The standard InChI is InChI=1S/C21H22N2O4/c1-3-25-20-14-16(13-17(15-22)21(24)23-2)9-10-19(20)27-12-11-26-18-7-5-4-6-8-18/h4-10,13-14H,3,11-12H2,1-2H3,(H,23,24)/b17-13-. The summed E-state index contributed by atoms with van der Waals surface area (Å²) in [6.45, 7) is 3.08. The average molecular weight is 366 g/mol. The van der Waals surface area contributed by atoms with Crippen LogP contribution >= 0.6 is 0 Å². The summed E-state index contributed by atoms with van der Waals surface area (Å²) in [6, 6.07) is 16.6. The molecule has 2 rings (SSSR count). The number of rotatable bonds is 9. The maximum absolute atomic E-state index is 11.6. The summed E-state index contributed by atoms with van der Waals surface area (Å²) >= 11 is 0. The lowest BCUT2D eigenvalue weighted by Gasteiger charge is -2.13. The Morgan fingerprint density at radius 1 is 1.07 bits per heavy atom. The van der Waals surface area contributed by atoms with Crippen LogP contribution in [-0.4, -0.2) is 32.8 Å². The summed E-state index contributed by atoms with van der Waals surface area (Å²) in [6.07, 6.45) is 1.50. The van der Waals surface area contributed by atoms with Crippen molar-refractivity contribution in [3.8, 4) is 23.3 Å². The van der Waals surface area contributed by atoms with Gasteiger partial charge in [0.25, 0.3) is 5.91 Å². The van der Waals surface area contributed by atoms with Gasteiger partial charge in [-0.2, -0.15) is 5.26 Å². The number of ether oxygens (including phenoxy) is 3. The Morgan fingerprint density at radius 3 is 2.48 bits per heavy atom. The van der Waals surface area contributed by atoms with Gasteiger partial charge in [0.1, 0.15) is 30.6 Å². The highest BCUT2D eigenvalue weighted by molar-refractivity contribution is 6.01. The molecule has 6 nitrogen and oxygen atoms in total. The first-order valence-electron chi connectivity index (χ1n) is 8.59. The molecule has 0 saturated carbocycles. The van der Waals surface area contributed by atoms with Crippen LogP contribution in [0.1, 0.15) is 12.5 Å². The molecule has 2 aromatic rings. The van der Waals surface area contributed by atoms with Crippen molar-refractivity contribution in [2.24, 2.45) is 0 Å². The van der Waals surface area contributed by atoms with Crippen molar-refractivity contribution in [2.45, 2.75) is 6.92 Å². The van der Waals surface area contributed by atoms with Crippen LogP contribution in [-0.2, 0) is 4.79 Å². The van der Waals surface area contributed by atoms with Gasteiger partial charge in [-0.1, -0.05) is 24.3 Å². The van der Waals surface area contributed by atoms with E-state index in [4.69, 9.17) is 19.5 Å². The Kier molecular flexibility index (Phi) is 7.73. The van der Waals surface area contributed by atoms with Gasteiger partial charge in [0, 0.05) is 7.05 Å². The molecule has 0 saturated heterocycles. The molecule has 1 N–H and O–H groups in total. The van der Waals surface area contributed by atoms with Gasteiger partial charge in [0.05, 0.1) is 6.61 Å². The molecule has 1 amide bonds. The normalized spacial score (nSPS) is 10.6. The van der Waals surface area contributed by atoms with E-state index in [1.54, 1.807) is 18.2 Å². The van der Waals surface area contributed by atoms with E-state index in [2.05, 4.69) is 5.32 Å². The highest BCUT2D eigenvalue weighted by atomic mass is 16.5. The molecule has 27 heavy (non-hydrogen) atoms. The van der Waals surface area contributed by atoms with Gasteiger partial charge in [-0.3, -0.25) is 4.79 Å². The molecule has 140 valence electrons. The van der Waals surface area contributed by atoms with Crippen molar-refractivity contribution in [1.82, 2.24) is 5.32 Å². The predicted molar refractivity (Wildman–Crippen MR) is 103 cm³/mol. The molecular weight excluding hydrogens is 344 g/mol. The lowest BCUT2D eigenvalue weighted by Crippen LogP contribution is -2.19. The summed E-state index contributed by atoms with van der Waals surface area (Å²) in [5, 5.41) is 11.5. The summed E-state index contributed by atoms with van der Waals surface area (Å²) in [5.74, 6) is 1.46. The number of carbonyl (C=O) groups is 1. The quantitative estimate of drug-likeness (QED) is 0.419. The smallest absolute Gasteiger partial charge is 0.261 e. The second kappa shape index (κ2) is 10.5. The van der Waals surface area contributed by atoms with E-state index in [9.17, 15) is 4.79 Å². The number of amides is 1. The van der Waals surface area contributed by atoms with Crippen LogP contribution < -0.4 is 19.5 Å². The van der Waals surface area contributed by atoms with Crippen molar-refractivity contribution in [3.05, 3.63) is 59.7 Å². The van der Waals surface area contributed by atoms with Gasteiger partial charge in [-0.05, 0) is 42.8 Å². The molecule has 0 fully saturated rings. The molecule has 2 aromatic carbocycles. The fourth-order valence-corrected chi connectivity index (χ4v) is 2.28. The molecule has 0 spiro atoms. The molecular formula is C21H22N2O4. The molecule has 0 unspecified atom stereocenters. The molecule has 6 heteroatoms. The van der Waals surface area contributed by atoms with E-state index in [1.807, 2.05) is 43.3 Å². The van der Waals surface area contributed by atoms with E-state index >= 15 is 0 Å². The van der Waals surface area contributed by atoms with Crippen LogP contribution in [0.15, 0.2) is 54.1 Å². The van der Waals surface area contributed by atoms with Crippen LogP contribution in [0.4, 0.5) is 0 Å². The zero-order chi connectivity index (χ0) is 19.5. The summed E-state index contributed by atoms with van der Waals surface area (Å²) in [4.78, 5) is 11.6. The van der Waals surface area contributed by atoms with Crippen LogP contribution in [0.3, 0.4) is 0 Å². The number of nitrogens with zero attached hydrogens (tertiary/aromatic N) is 1. The molecule has 0 aliphatic rings. The van der Waals surface area contributed by atoms with Crippen LogP contribution in [0.25, 0.3) is 6.08 Å². The summed E-state index contributed by atoms with van der Waals surface area (Å²) in [7, 11) is 1.48. The Bertz CT molecular complexity index is 826. The van der Waals surface area contributed by atoms with Gasteiger partial charge in [0.15, 0.2) is 11.5 Å². The van der Waals surface area contributed by atoms with Gasteiger partial charge in [0.2, 0.25) is 0 Å². The Balaban J connectivity index is 2.05. The highest BCUT2D eigenvalue weighted by Crippen LogP contribution is 2.29. The topological polar surface area (TPSA) is 80.6 Å². The van der Waals surface area contributed by atoms with Crippen molar-refractivity contribution < 1.29 is 19.0 Å². The number of carbonyl (C=O) groups excluding carboxylic acids is 1. The van der Waals surface area contributed by atoms with E-state index < -0.39 is 5.91 Å². The second-order valence-electron chi connectivity index (χ2n) is 5.40. The van der Waals surface area contributed by atoms with Crippen LogP contribution in [0, 0.1) is 11.3 Å². The molecule has 0 atom stereocenters. The third-order valence-electron chi connectivity index (χ3n) is 3.52. The van der Waals surface area contributed by atoms with Gasteiger partial charge in [-0.25, -0.2) is 0 Å². The van der Waals surface area contributed by atoms with E-state index in [0.29, 0.717) is 36.9 Å². The van der Waals surface area contributed by atoms with Crippen molar-refractivity contribution in [3.63, 3.8) is 0 Å². The first kappa shape index (κ1) is 19.9. The lowest BCUT2D eigenvalue weighted by molar-refractivity contribution is -0.116. The fraction of sp³-hybridized carbons (Fsp3) is 0.238. The Morgan fingerprint density at radius 2 is 1.81 bits per heavy atom. The maximum atomic E-state index is 11.6. The zero-order valence-corrected chi connectivity index (χ0v) is 15.4. The van der Waals surface area contributed by atoms with Crippen molar-refractivity contribution >= 4 is 12.0 Å². The Labute approximate surface area is 159 Å². The molecule has 0 heterocycles. The monoisotopic (exact) mass is 366 g/mol. The van der Waals surface area contributed by atoms with Crippen molar-refractivity contribution in [1.29, 1.82) is 5.26 Å². The van der Waals surface area contributed by atoms with Gasteiger partial charge >= 0.3 is 0 Å². The lowest BCUT2D eigenvalue weighted by atomic mass is 10.1. The molecule has 0 bridgehead atoms. The van der Waals surface area contributed by atoms with E-state index in [1.165, 1.54) is 13.1 Å². The third kappa shape index (κ3) is 6.08. The first-order chi connectivity index (χ1) is 13.2. The van der Waals surface area contributed by atoms with Crippen molar-refractivity contribution in [2.75, 3.05) is 26.9 Å². The number of hydrogen-bond donors (Lipinski definition) is 1. The molecule has 0 aliphatic heterocycles.